The Bertz CT molecular complexity index is 1950. The molecule has 3 aromatic carbocycles. The third-order valence-electron chi connectivity index (χ3n) is 11.1. The number of imide groups is 2. The van der Waals surface area contributed by atoms with Crippen molar-refractivity contribution in [2.75, 3.05) is 18.1 Å². The molecule has 0 aromatic heterocycles. The molecule has 0 spiro atoms. The van der Waals surface area contributed by atoms with E-state index >= 15 is 4.79 Å². The fourth-order valence-electron chi connectivity index (χ4n) is 9.11. The summed E-state index contributed by atoms with van der Waals surface area (Å²) >= 11 is 6.38. The van der Waals surface area contributed by atoms with Crippen molar-refractivity contribution in [3.05, 3.63) is 101 Å². The summed E-state index contributed by atoms with van der Waals surface area (Å²) in [4.78, 5) is 71.7. The number of fused-ring (bicyclic) bond motifs is 4. The number of hydrogen-bond acceptors (Lipinski definition) is 7. The fourth-order valence-corrected chi connectivity index (χ4v) is 9.29. The number of rotatable bonds is 11. The fraction of sp³-hybridized carbons (Fsp3) is 0.375. The number of aromatic hydroxyl groups is 1. The SMILES string of the molecule is CCOc1cc(C2C3=CCC4C(=O)N(CCCCCC(=O)O)C(=O)C4C3CC3C(=O)N(c4cccc(Cl)c4)C(=O)C32c2ccccc2)ccc1O. The maximum absolute atomic E-state index is 15.3. The summed E-state index contributed by atoms with van der Waals surface area (Å²) in [6.07, 6.45) is 3.98. The number of allylic oxidation sites excluding steroid dienone is 2. The van der Waals surface area contributed by atoms with Crippen LogP contribution in [0.1, 0.15) is 62.5 Å². The summed E-state index contributed by atoms with van der Waals surface area (Å²) in [5.74, 6) is -5.62. The van der Waals surface area contributed by atoms with E-state index in [1.54, 1.807) is 43.3 Å². The van der Waals surface area contributed by atoms with E-state index in [2.05, 4.69) is 0 Å². The van der Waals surface area contributed by atoms with Gasteiger partial charge in [0.15, 0.2) is 11.5 Å². The minimum absolute atomic E-state index is 0.0235. The van der Waals surface area contributed by atoms with E-state index in [-0.39, 0.29) is 49.3 Å². The number of aliphatic carboxylic acids is 1. The van der Waals surface area contributed by atoms with Crippen LogP contribution in [0.15, 0.2) is 84.4 Å². The van der Waals surface area contributed by atoms with Gasteiger partial charge in [0, 0.05) is 23.9 Å². The minimum Gasteiger partial charge on any atom is -0.504 e. The van der Waals surface area contributed by atoms with Crippen LogP contribution in [-0.2, 0) is 29.4 Å². The van der Waals surface area contributed by atoms with Crippen LogP contribution in [0.5, 0.6) is 11.5 Å². The smallest absolute Gasteiger partial charge is 0.303 e. The highest BCUT2D eigenvalue weighted by Crippen LogP contribution is 2.64. The Kier molecular flexibility index (Phi) is 9.22. The number of carboxylic acids is 1. The van der Waals surface area contributed by atoms with Gasteiger partial charge in [-0.15, -0.1) is 0 Å². The molecule has 6 unspecified atom stereocenters. The molecule has 4 aliphatic rings. The third-order valence-corrected chi connectivity index (χ3v) is 11.4. The largest absolute Gasteiger partial charge is 0.504 e. The normalized spacial score (nSPS) is 26.9. The zero-order valence-electron chi connectivity index (χ0n) is 28.2. The molecule has 4 amide bonds. The molecule has 2 aliphatic carbocycles. The Labute approximate surface area is 300 Å². The molecule has 7 rings (SSSR count). The van der Waals surface area contributed by atoms with Gasteiger partial charge in [-0.3, -0.25) is 28.9 Å². The molecular formula is C40H39ClN2O8. The van der Waals surface area contributed by atoms with Crippen LogP contribution in [0.4, 0.5) is 5.69 Å². The molecule has 6 atom stereocenters. The van der Waals surface area contributed by atoms with Gasteiger partial charge < -0.3 is 14.9 Å². The summed E-state index contributed by atoms with van der Waals surface area (Å²) in [6.45, 7) is 2.28. The molecule has 2 aliphatic heterocycles. The Hall–Kier alpha value is -4.96. The van der Waals surface area contributed by atoms with E-state index < -0.39 is 52.8 Å². The molecule has 2 heterocycles. The van der Waals surface area contributed by atoms with Gasteiger partial charge in [-0.2, -0.15) is 0 Å². The predicted octanol–water partition coefficient (Wildman–Crippen LogP) is 6.25. The number of anilines is 1. The summed E-state index contributed by atoms with van der Waals surface area (Å²) < 4.78 is 5.80. The number of halogens is 1. The number of ether oxygens (including phenoxy) is 1. The number of nitrogens with zero attached hydrogens (tertiary/aromatic N) is 2. The molecule has 3 aromatic rings. The number of phenols is 1. The van der Waals surface area contributed by atoms with Gasteiger partial charge in [0.2, 0.25) is 23.6 Å². The maximum Gasteiger partial charge on any atom is 0.303 e. The van der Waals surface area contributed by atoms with E-state index in [1.165, 1.54) is 15.9 Å². The monoisotopic (exact) mass is 710 g/mol. The number of unbranched alkanes of at least 4 members (excludes halogenated alkanes) is 2. The van der Waals surface area contributed by atoms with Crippen molar-refractivity contribution >= 4 is 46.9 Å². The van der Waals surface area contributed by atoms with Crippen LogP contribution in [0, 0.1) is 23.7 Å². The lowest BCUT2D eigenvalue weighted by Crippen LogP contribution is -2.53. The Morgan fingerprint density at radius 3 is 2.43 bits per heavy atom. The molecule has 0 bridgehead atoms. The van der Waals surface area contributed by atoms with Crippen LogP contribution >= 0.6 is 11.6 Å². The van der Waals surface area contributed by atoms with Crippen molar-refractivity contribution in [1.82, 2.24) is 4.90 Å². The van der Waals surface area contributed by atoms with Crippen LogP contribution in [-0.4, -0.2) is 57.9 Å². The summed E-state index contributed by atoms with van der Waals surface area (Å²) in [7, 11) is 0. The quantitative estimate of drug-likeness (QED) is 0.135. The zero-order valence-corrected chi connectivity index (χ0v) is 28.9. The van der Waals surface area contributed by atoms with E-state index in [0.717, 1.165) is 5.57 Å². The lowest BCUT2D eigenvalue weighted by Gasteiger charge is -2.50. The lowest BCUT2D eigenvalue weighted by molar-refractivity contribution is -0.141. The first kappa shape index (κ1) is 34.5. The number of benzene rings is 3. The zero-order chi connectivity index (χ0) is 36.0. The van der Waals surface area contributed by atoms with E-state index in [4.69, 9.17) is 21.4 Å². The number of phenolic OH excluding ortho intramolecular Hbond substituents is 1. The molecule has 51 heavy (non-hydrogen) atoms. The predicted molar refractivity (Wildman–Crippen MR) is 188 cm³/mol. The van der Waals surface area contributed by atoms with Gasteiger partial charge >= 0.3 is 5.97 Å². The molecule has 1 saturated carbocycles. The second-order valence-corrected chi connectivity index (χ2v) is 14.2. The number of carbonyl (C=O) groups is 5. The Balaban J connectivity index is 1.38. The van der Waals surface area contributed by atoms with Gasteiger partial charge in [0.25, 0.3) is 0 Å². The average molecular weight is 711 g/mol. The maximum atomic E-state index is 15.3. The minimum atomic E-state index is -1.44. The Morgan fingerprint density at radius 1 is 0.922 bits per heavy atom. The highest BCUT2D eigenvalue weighted by molar-refractivity contribution is 6.32. The second-order valence-electron chi connectivity index (χ2n) is 13.8. The number of amides is 4. The summed E-state index contributed by atoms with van der Waals surface area (Å²) in [5.41, 5.74) is 1.000. The van der Waals surface area contributed by atoms with Gasteiger partial charge in [0.1, 0.15) is 0 Å². The molecule has 3 fully saturated rings. The number of likely N-dealkylation sites (tertiary alicyclic amines) is 1. The van der Waals surface area contributed by atoms with Crippen molar-refractivity contribution in [3.63, 3.8) is 0 Å². The van der Waals surface area contributed by atoms with Crippen LogP contribution < -0.4 is 9.64 Å². The van der Waals surface area contributed by atoms with Crippen LogP contribution in [0.2, 0.25) is 5.02 Å². The van der Waals surface area contributed by atoms with Gasteiger partial charge in [0.05, 0.1) is 35.5 Å². The first-order chi connectivity index (χ1) is 24.6. The van der Waals surface area contributed by atoms with Gasteiger partial charge in [-0.1, -0.05) is 72.1 Å². The first-order valence-electron chi connectivity index (χ1n) is 17.5. The average Bonchev–Trinajstić information content (AvgIpc) is 3.50. The number of carbonyl (C=O) groups excluding carboxylic acids is 4. The standard InChI is InChI=1S/C40H39ClN2O8/c1-2-51-32-20-23(15-18-31(32)44)35-27-16-17-28-34(38(49)42(36(28)47)19-8-4-7-14-33(45)46)29(27)22-30-37(48)43(26-13-9-12-25(41)21-26)39(50)40(30,35)24-10-5-3-6-11-24/h3,5-6,9-13,15-16,18,20-21,28-30,34-35,44H,2,4,7-8,14,17,19,22H2,1H3,(H,45,46). The van der Waals surface area contributed by atoms with E-state index in [1.807, 2.05) is 36.4 Å². The molecular weight excluding hydrogens is 672 g/mol. The highest BCUT2D eigenvalue weighted by Gasteiger charge is 2.70. The lowest BCUT2D eigenvalue weighted by atomic mass is 9.49. The van der Waals surface area contributed by atoms with Crippen molar-refractivity contribution in [3.8, 4) is 11.5 Å². The van der Waals surface area contributed by atoms with Gasteiger partial charge in [-0.25, -0.2) is 4.90 Å². The van der Waals surface area contributed by atoms with E-state index in [0.29, 0.717) is 47.5 Å². The molecule has 0 radical (unpaired) electrons. The van der Waals surface area contributed by atoms with Gasteiger partial charge in [-0.05, 0) is 80.0 Å². The Morgan fingerprint density at radius 2 is 1.71 bits per heavy atom. The molecule has 10 nitrogen and oxygen atoms in total. The first-order valence-corrected chi connectivity index (χ1v) is 17.9. The van der Waals surface area contributed by atoms with Crippen LogP contribution in [0.3, 0.4) is 0 Å². The summed E-state index contributed by atoms with van der Waals surface area (Å²) in [6, 6.07) is 20.9. The molecule has 2 saturated heterocycles. The summed E-state index contributed by atoms with van der Waals surface area (Å²) in [5, 5.41) is 20.1. The van der Waals surface area contributed by atoms with Crippen molar-refractivity contribution in [2.24, 2.45) is 23.7 Å². The molecule has 264 valence electrons. The van der Waals surface area contributed by atoms with Crippen molar-refractivity contribution < 1.29 is 38.9 Å². The second kappa shape index (κ2) is 13.6. The van der Waals surface area contributed by atoms with Crippen LogP contribution in [0.25, 0.3) is 0 Å². The highest BCUT2D eigenvalue weighted by atomic mass is 35.5. The van der Waals surface area contributed by atoms with E-state index in [9.17, 15) is 24.3 Å². The number of carboxylic acid groups (broad SMARTS) is 1. The topological polar surface area (TPSA) is 142 Å². The third kappa shape index (κ3) is 5.60. The number of hydrogen-bond donors (Lipinski definition) is 2. The molecule has 11 heteroatoms. The van der Waals surface area contributed by atoms with Crippen molar-refractivity contribution in [1.29, 1.82) is 0 Å². The van der Waals surface area contributed by atoms with Crippen molar-refractivity contribution in [2.45, 2.75) is 56.8 Å². The molecule has 2 N–H and O–H groups in total.